The molecular formula is C51H46Cl4Zr-2. The quantitative estimate of drug-likeness (QED) is 0.129. The van der Waals surface area contributed by atoms with E-state index in [1.54, 1.807) is 0 Å². The van der Waals surface area contributed by atoms with E-state index in [1.807, 2.05) is 66.7 Å². The molecule has 7 aromatic rings. The molecular weight excluding hydrogens is 846 g/mol. The molecule has 0 N–H and O–H groups in total. The van der Waals surface area contributed by atoms with Crippen LogP contribution in [0.2, 0.25) is 10.0 Å². The van der Waals surface area contributed by atoms with E-state index < -0.39 is 0 Å². The zero-order chi connectivity index (χ0) is 37.9. The van der Waals surface area contributed by atoms with Crippen molar-refractivity contribution in [2.45, 2.75) is 52.4 Å². The van der Waals surface area contributed by atoms with Gasteiger partial charge in [-0.1, -0.05) is 92.2 Å². The second-order valence-corrected chi connectivity index (χ2v) is 17.0. The van der Waals surface area contributed by atoms with Gasteiger partial charge >= 0.3 is 133 Å². The maximum Gasteiger partial charge on any atom is -0.172 e. The van der Waals surface area contributed by atoms with Gasteiger partial charge in [-0.15, -0.1) is 11.1 Å². The van der Waals surface area contributed by atoms with Crippen LogP contribution in [0.1, 0.15) is 58.7 Å². The third-order valence-electron chi connectivity index (χ3n) is 9.92. The number of aryl methyl sites for hydroxylation is 1. The van der Waals surface area contributed by atoms with Gasteiger partial charge in [-0.2, -0.15) is 42.0 Å². The molecule has 1 aliphatic rings. The summed E-state index contributed by atoms with van der Waals surface area (Å²) in [6, 6.07) is 61.0. The largest absolute Gasteiger partial charge is 1.00 e. The molecule has 7 aromatic carbocycles. The van der Waals surface area contributed by atoms with Crippen molar-refractivity contribution in [3.63, 3.8) is 0 Å². The van der Waals surface area contributed by atoms with Gasteiger partial charge in [-0.05, 0) is 59.4 Å². The summed E-state index contributed by atoms with van der Waals surface area (Å²) in [6.45, 7) is 6.88. The van der Waals surface area contributed by atoms with Crippen molar-refractivity contribution in [2.75, 3.05) is 0 Å². The Morgan fingerprint density at radius 2 is 1.25 bits per heavy atom. The SMILES string of the molecule is Cc1cc2c(cc1-c1ccccc1)Cc1[c-]c(CC(c3ccccc3)C(C)C)ccc1-2.Clc1cccc(C[C](=[Zr+2])Cc2cccc(Cl)c2)c1.[Cl-].[Cl-].c1cc[cH-]c1. The van der Waals surface area contributed by atoms with Gasteiger partial charge in [0.15, 0.2) is 0 Å². The molecule has 0 heterocycles. The Labute approximate surface area is 371 Å². The van der Waals surface area contributed by atoms with E-state index in [4.69, 9.17) is 23.2 Å². The van der Waals surface area contributed by atoms with Gasteiger partial charge in [-0.3, -0.25) is 0 Å². The van der Waals surface area contributed by atoms with Gasteiger partial charge in [0.2, 0.25) is 0 Å². The number of rotatable bonds is 9. The van der Waals surface area contributed by atoms with Gasteiger partial charge in [0.1, 0.15) is 0 Å². The Morgan fingerprint density at radius 3 is 1.79 bits per heavy atom. The first kappa shape index (κ1) is 45.3. The van der Waals surface area contributed by atoms with Crippen LogP contribution in [0.4, 0.5) is 0 Å². The minimum Gasteiger partial charge on any atom is -1.00 e. The van der Waals surface area contributed by atoms with E-state index in [-0.39, 0.29) is 24.8 Å². The van der Waals surface area contributed by atoms with Gasteiger partial charge < -0.3 is 24.8 Å². The molecule has 0 saturated heterocycles. The summed E-state index contributed by atoms with van der Waals surface area (Å²) in [6.07, 6.45) is 4.01. The van der Waals surface area contributed by atoms with Crippen molar-refractivity contribution in [1.82, 2.24) is 0 Å². The molecule has 0 nitrogen and oxygen atoms in total. The average Bonchev–Trinajstić information content (AvgIpc) is 3.87. The third kappa shape index (κ3) is 12.8. The monoisotopic (exact) mass is 888 g/mol. The molecule has 0 spiro atoms. The Balaban J connectivity index is 0.000000236. The normalized spacial score (nSPS) is 11.4. The molecule has 0 bridgehead atoms. The fraction of sp³-hybridized carbons (Fsp3) is 0.176. The van der Waals surface area contributed by atoms with Crippen molar-refractivity contribution >= 4 is 26.4 Å². The van der Waals surface area contributed by atoms with E-state index in [0.29, 0.717) is 11.8 Å². The molecule has 0 aliphatic heterocycles. The molecule has 0 saturated carbocycles. The number of fused-ring (bicyclic) bond motifs is 3. The summed E-state index contributed by atoms with van der Waals surface area (Å²) in [5.41, 5.74) is 14.8. The molecule has 0 fully saturated rings. The molecule has 56 heavy (non-hydrogen) atoms. The smallest absolute Gasteiger partial charge is 0.172 e. The molecule has 8 rings (SSSR count). The Kier molecular flexibility index (Phi) is 18.2. The zero-order valence-corrected chi connectivity index (χ0v) is 37.6. The van der Waals surface area contributed by atoms with Crippen molar-refractivity contribution < 1.29 is 49.0 Å². The zero-order valence-electron chi connectivity index (χ0n) is 32.1. The standard InChI is InChI=1S/C31H29.C15H12Cl2.C5H5.2ClH.Zr/c1-21(2)29(24-10-6-4-7-11-24)18-23-14-15-28-26(17-23)19-27-20-30(22(3)16-31(27)28)25-12-8-5-9-13-25;16-14-8-2-6-12(10-14)4-1-5-13-7-3-9-15(17)11-13;1-2-4-5-3-1;;;/h4-16,20-21,29H,18-19H2,1-3H3;2-3,6-11H,4-5H2;1-5H;2*1H;/q-1;;-1;;;+2/p-2. The second kappa shape index (κ2) is 22.5. The minimum atomic E-state index is 0. The van der Waals surface area contributed by atoms with E-state index in [1.165, 1.54) is 88.6 Å². The van der Waals surface area contributed by atoms with Crippen LogP contribution >= 0.6 is 23.2 Å². The topological polar surface area (TPSA) is 0 Å². The van der Waals surface area contributed by atoms with Crippen LogP contribution < -0.4 is 24.8 Å². The summed E-state index contributed by atoms with van der Waals surface area (Å²) >= 11 is 13.4. The van der Waals surface area contributed by atoms with E-state index >= 15 is 0 Å². The first-order chi connectivity index (χ1) is 26.2. The van der Waals surface area contributed by atoms with Gasteiger partial charge in [-0.25, -0.2) is 12.1 Å². The van der Waals surface area contributed by atoms with Crippen molar-refractivity contribution in [2.24, 2.45) is 5.92 Å². The number of benzene rings is 6. The summed E-state index contributed by atoms with van der Waals surface area (Å²) in [5.74, 6) is 1.11. The van der Waals surface area contributed by atoms with Crippen LogP contribution in [-0.4, -0.2) is 3.21 Å². The Bertz CT molecular complexity index is 2190. The first-order valence-electron chi connectivity index (χ1n) is 18.7. The predicted octanol–water partition coefficient (Wildman–Crippen LogP) is 7.93. The average molecular weight is 892 g/mol. The van der Waals surface area contributed by atoms with Crippen LogP contribution in [0.15, 0.2) is 164 Å². The predicted molar refractivity (Wildman–Crippen MR) is 229 cm³/mol. The van der Waals surface area contributed by atoms with Gasteiger partial charge in [0.05, 0.1) is 0 Å². The van der Waals surface area contributed by atoms with E-state index in [0.717, 1.165) is 35.7 Å². The van der Waals surface area contributed by atoms with Crippen LogP contribution in [0.3, 0.4) is 0 Å². The number of hydrogen-bond donors (Lipinski definition) is 0. The van der Waals surface area contributed by atoms with Crippen LogP contribution in [0.5, 0.6) is 0 Å². The van der Waals surface area contributed by atoms with Crippen LogP contribution in [-0.2, 0) is 49.9 Å². The maximum atomic E-state index is 5.99. The third-order valence-corrected chi connectivity index (χ3v) is 11.3. The molecule has 284 valence electrons. The molecule has 1 aliphatic carbocycles. The van der Waals surface area contributed by atoms with Crippen molar-refractivity contribution in [3.8, 4) is 22.3 Å². The van der Waals surface area contributed by atoms with E-state index in [2.05, 4.69) is 124 Å². The summed E-state index contributed by atoms with van der Waals surface area (Å²) < 4.78 is 1.49. The summed E-state index contributed by atoms with van der Waals surface area (Å²) in [5, 5.41) is 1.61. The maximum absolute atomic E-state index is 5.99. The van der Waals surface area contributed by atoms with Crippen molar-refractivity contribution in [1.29, 1.82) is 0 Å². The van der Waals surface area contributed by atoms with Gasteiger partial charge in [0.25, 0.3) is 0 Å². The fourth-order valence-electron chi connectivity index (χ4n) is 7.21. The Hall–Kier alpha value is -3.42. The number of halogens is 4. The summed E-state index contributed by atoms with van der Waals surface area (Å²) in [4.78, 5) is 0. The molecule has 1 atom stereocenters. The number of hydrogen-bond acceptors (Lipinski definition) is 0. The Morgan fingerprint density at radius 1 is 0.661 bits per heavy atom. The molecule has 0 amide bonds. The first-order valence-corrected chi connectivity index (χ1v) is 20.7. The molecule has 0 radical (unpaired) electrons. The van der Waals surface area contributed by atoms with Crippen molar-refractivity contribution in [3.05, 3.63) is 219 Å². The van der Waals surface area contributed by atoms with E-state index in [9.17, 15) is 0 Å². The second-order valence-electron chi connectivity index (χ2n) is 14.4. The fourth-order valence-corrected chi connectivity index (χ4v) is 8.64. The molecule has 1 unspecified atom stereocenters. The summed E-state index contributed by atoms with van der Waals surface area (Å²) in [7, 11) is 0. The minimum absolute atomic E-state index is 0. The van der Waals surface area contributed by atoms with Crippen LogP contribution in [0, 0.1) is 18.9 Å². The molecule has 0 aromatic heterocycles. The van der Waals surface area contributed by atoms with Gasteiger partial charge in [0, 0.05) is 0 Å². The van der Waals surface area contributed by atoms with Crippen LogP contribution in [0.25, 0.3) is 22.3 Å². The molecule has 5 heteroatoms.